The number of rotatable bonds is 3. The molecule has 4 rings (SSSR count). The minimum atomic E-state index is -0.343. The van der Waals surface area contributed by atoms with Crippen molar-refractivity contribution in [3.63, 3.8) is 0 Å². The van der Waals surface area contributed by atoms with Gasteiger partial charge in [0.25, 0.3) is 5.91 Å². The molecule has 1 aromatic heterocycles. The van der Waals surface area contributed by atoms with E-state index >= 15 is 0 Å². The van der Waals surface area contributed by atoms with Gasteiger partial charge in [0.15, 0.2) is 0 Å². The summed E-state index contributed by atoms with van der Waals surface area (Å²) in [5, 5.41) is 19.2. The molecule has 2 aromatic rings. The van der Waals surface area contributed by atoms with Gasteiger partial charge in [-0.2, -0.15) is 0 Å². The molecule has 2 fully saturated rings. The van der Waals surface area contributed by atoms with Crippen LogP contribution in [0.25, 0.3) is 11.0 Å². The molecular formula is C15H17N3O4. The van der Waals surface area contributed by atoms with E-state index in [4.69, 9.17) is 0 Å². The molecule has 0 bridgehead atoms. The minimum absolute atomic E-state index is 0.0124. The van der Waals surface area contributed by atoms with Gasteiger partial charge in [-0.1, -0.05) is 0 Å². The molecule has 1 saturated heterocycles. The lowest BCUT2D eigenvalue weighted by Crippen LogP contribution is -2.33. The number of nitrogens with zero attached hydrogens (tertiary/aromatic N) is 1. The van der Waals surface area contributed by atoms with Gasteiger partial charge in [-0.25, -0.2) is 4.79 Å². The molecule has 0 radical (unpaired) electrons. The summed E-state index contributed by atoms with van der Waals surface area (Å²) in [5.41, 5.74) is 0.748. The lowest BCUT2D eigenvalue weighted by Gasteiger charge is -2.21. The van der Waals surface area contributed by atoms with Crippen molar-refractivity contribution in [2.75, 3.05) is 26.3 Å². The van der Waals surface area contributed by atoms with Gasteiger partial charge in [0.2, 0.25) is 0 Å². The van der Waals surface area contributed by atoms with Gasteiger partial charge in [-0.05, 0) is 24.6 Å². The Bertz CT molecular complexity index is 808. The number of fused-ring (bicyclic) bond motifs is 2. The van der Waals surface area contributed by atoms with E-state index in [1.54, 1.807) is 23.1 Å². The molecule has 22 heavy (non-hydrogen) atoms. The number of aromatic amines is 2. The zero-order valence-corrected chi connectivity index (χ0v) is 11.9. The standard InChI is InChI=1S/C15H17N3O4/c19-7-14-4-15(14,8-20)6-18(5-14)12(21)9-1-2-10-11(3-9)17-13(22)16-10/h1-3,19-20H,4-8H2,(H2,16,17,22)/t14-,15+. The number of piperidine rings is 1. The Morgan fingerprint density at radius 1 is 1.14 bits per heavy atom. The van der Waals surface area contributed by atoms with Crippen molar-refractivity contribution in [3.8, 4) is 0 Å². The number of likely N-dealkylation sites (tertiary alicyclic amines) is 1. The van der Waals surface area contributed by atoms with E-state index in [9.17, 15) is 19.8 Å². The van der Waals surface area contributed by atoms with E-state index in [1.165, 1.54) is 0 Å². The second-order valence-corrected chi connectivity index (χ2v) is 6.55. The molecule has 4 N–H and O–H groups in total. The highest BCUT2D eigenvalue weighted by Gasteiger charge is 2.72. The van der Waals surface area contributed by atoms with Crippen LogP contribution in [0, 0.1) is 10.8 Å². The van der Waals surface area contributed by atoms with Crippen LogP contribution in [0.4, 0.5) is 0 Å². The van der Waals surface area contributed by atoms with Gasteiger partial charge in [-0.3, -0.25) is 4.79 Å². The van der Waals surface area contributed by atoms with Crippen LogP contribution in [0.15, 0.2) is 23.0 Å². The van der Waals surface area contributed by atoms with Crippen LogP contribution in [0.2, 0.25) is 0 Å². The fourth-order valence-electron chi connectivity index (χ4n) is 3.88. The van der Waals surface area contributed by atoms with Gasteiger partial charge < -0.3 is 25.1 Å². The number of aliphatic hydroxyl groups excluding tert-OH is 2. The molecule has 1 aromatic carbocycles. The first kappa shape index (κ1) is 13.5. The molecule has 1 amide bonds. The molecule has 7 heteroatoms. The molecule has 1 saturated carbocycles. The first-order chi connectivity index (χ1) is 10.5. The van der Waals surface area contributed by atoms with Gasteiger partial charge in [0, 0.05) is 29.5 Å². The number of H-pyrrole nitrogens is 2. The average Bonchev–Trinajstić information content (AvgIpc) is 2.83. The molecule has 2 heterocycles. The predicted octanol–water partition coefficient (Wildman–Crippen LogP) is -0.327. The molecule has 0 spiro atoms. The molecule has 0 unspecified atom stereocenters. The summed E-state index contributed by atoms with van der Waals surface area (Å²) in [6, 6.07) is 5.02. The number of carbonyl (C=O) groups excluding carboxylic acids is 1. The third-order valence-corrected chi connectivity index (χ3v) is 5.32. The summed E-state index contributed by atoms with van der Waals surface area (Å²) >= 11 is 0. The lowest BCUT2D eigenvalue weighted by atomic mass is 9.98. The monoisotopic (exact) mass is 303 g/mol. The Balaban J connectivity index is 1.63. The van der Waals surface area contributed by atoms with Crippen molar-refractivity contribution in [1.82, 2.24) is 14.9 Å². The summed E-state index contributed by atoms with van der Waals surface area (Å²) in [6.07, 6.45) is 0.765. The van der Waals surface area contributed by atoms with Crippen molar-refractivity contribution in [3.05, 3.63) is 34.2 Å². The smallest absolute Gasteiger partial charge is 0.323 e. The van der Waals surface area contributed by atoms with Crippen LogP contribution < -0.4 is 5.69 Å². The number of hydrogen-bond donors (Lipinski definition) is 4. The first-order valence-electron chi connectivity index (χ1n) is 7.26. The maximum atomic E-state index is 12.6. The molecule has 1 aliphatic carbocycles. The van der Waals surface area contributed by atoms with E-state index < -0.39 is 0 Å². The van der Waals surface area contributed by atoms with Crippen LogP contribution in [-0.2, 0) is 0 Å². The Morgan fingerprint density at radius 3 is 2.41 bits per heavy atom. The predicted molar refractivity (Wildman–Crippen MR) is 78.5 cm³/mol. The Morgan fingerprint density at radius 2 is 1.77 bits per heavy atom. The van der Waals surface area contributed by atoms with Crippen molar-refractivity contribution in [2.24, 2.45) is 10.8 Å². The van der Waals surface area contributed by atoms with Crippen LogP contribution in [0.5, 0.6) is 0 Å². The average molecular weight is 303 g/mol. The Labute approximate surface area is 125 Å². The third kappa shape index (κ3) is 1.63. The van der Waals surface area contributed by atoms with E-state index in [-0.39, 0.29) is 35.6 Å². The summed E-state index contributed by atoms with van der Waals surface area (Å²) in [6.45, 7) is 0.901. The normalized spacial score (nSPS) is 29.8. The van der Waals surface area contributed by atoms with E-state index in [1.807, 2.05) is 0 Å². The number of hydrogen-bond acceptors (Lipinski definition) is 4. The quantitative estimate of drug-likeness (QED) is 0.622. The van der Waals surface area contributed by atoms with Crippen molar-refractivity contribution in [2.45, 2.75) is 6.42 Å². The Hall–Kier alpha value is -2.12. The molecular weight excluding hydrogens is 286 g/mol. The highest BCUT2D eigenvalue weighted by molar-refractivity contribution is 5.97. The zero-order chi connectivity index (χ0) is 15.5. The molecule has 2 atom stereocenters. The second kappa shape index (κ2) is 4.21. The summed E-state index contributed by atoms with van der Waals surface area (Å²) < 4.78 is 0. The number of aromatic nitrogens is 2. The topological polar surface area (TPSA) is 109 Å². The van der Waals surface area contributed by atoms with Crippen molar-refractivity contribution < 1.29 is 15.0 Å². The highest BCUT2D eigenvalue weighted by Crippen LogP contribution is 2.67. The number of imidazole rings is 1. The number of nitrogens with one attached hydrogen (secondary N) is 2. The zero-order valence-electron chi connectivity index (χ0n) is 11.9. The second-order valence-electron chi connectivity index (χ2n) is 6.55. The van der Waals surface area contributed by atoms with Gasteiger partial charge in [0.05, 0.1) is 24.2 Å². The first-order valence-corrected chi connectivity index (χ1v) is 7.26. The van der Waals surface area contributed by atoms with Crippen molar-refractivity contribution in [1.29, 1.82) is 0 Å². The minimum Gasteiger partial charge on any atom is -0.396 e. The van der Waals surface area contributed by atoms with Crippen LogP contribution in [0.1, 0.15) is 16.8 Å². The third-order valence-electron chi connectivity index (χ3n) is 5.32. The maximum Gasteiger partial charge on any atom is 0.323 e. The molecule has 1 aliphatic heterocycles. The van der Waals surface area contributed by atoms with Crippen LogP contribution in [0.3, 0.4) is 0 Å². The SMILES string of the molecule is O=C(c1ccc2[nH]c(=O)[nH]c2c1)N1C[C@@]2(CO)C[C@@]2(CO)C1. The summed E-state index contributed by atoms with van der Waals surface area (Å²) in [5.74, 6) is -0.142. The van der Waals surface area contributed by atoms with Crippen molar-refractivity contribution >= 4 is 16.9 Å². The number of benzene rings is 1. The fourth-order valence-corrected chi connectivity index (χ4v) is 3.88. The lowest BCUT2D eigenvalue weighted by molar-refractivity contribution is 0.0742. The maximum absolute atomic E-state index is 12.6. The summed E-state index contributed by atoms with van der Waals surface area (Å²) in [4.78, 5) is 30.9. The number of aliphatic hydroxyl groups is 2. The van der Waals surface area contributed by atoms with Crippen LogP contribution in [-0.4, -0.2) is 57.3 Å². The van der Waals surface area contributed by atoms with Crippen LogP contribution >= 0.6 is 0 Å². The van der Waals surface area contributed by atoms with Gasteiger partial charge in [-0.15, -0.1) is 0 Å². The molecule has 7 nitrogen and oxygen atoms in total. The van der Waals surface area contributed by atoms with Gasteiger partial charge in [0.1, 0.15) is 0 Å². The molecule has 2 aliphatic rings. The van der Waals surface area contributed by atoms with E-state index in [0.717, 1.165) is 6.42 Å². The van der Waals surface area contributed by atoms with E-state index in [0.29, 0.717) is 29.7 Å². The number of carbonyl (C=O) groups is 1. The largest absolute Gasteiger partial charge is 0.396 e. The Kier molecular flexibility index (Phi) is 2.59. The molecule has 116 valence electrons. The number of amides is 1. The summed E-state index contributed by atoms with van der Waals surface area (Å²) in [7, 11) is 0. The van der Waals surface area contributed by atoms with Gasteiger partial charge >= 0.3 is 5.69 Å². The highest BCUT2D eigenvalue weighted by atomic mass is 16.3. The fraction of sp³-hybridized carbons (Fsp3) is 0.467. The van der Waals surface area contributed by atoms with E-state index in [2.05, 4.69) is 9.97 Å².